The van der Waals surface area contributed by atoms with Crippen molar-refractivity contribution in [1.82, 2.24) is 5.32 Å². The third-order valence-corrected chi connectivity index (χ3v) is 12.4. The summed E-state index contributed by atoms with van der Waals surface area (Å²) in [4.78, 5) is 28.8. The van der Waals surface area contributed by atoms with E-state index in [0.29, 0.717) is 24.2 Å². The molecule has 3 aliphatic carbocycles. The van der Waals surface area contributed by atoms with E-state index in [0.717, 1.165) is 57.8 Å². The van der Waals surface area contributed by atoms with Crippen LogP contribution in [-0.4, -0.2) is 45.9 Å². The Hall–Kier alpha value is -1.14. The summed E-state index contributed by atoms with van der Waals surface area (Å²) in [5, 5.41) is 3.73. The molecule has 0 spiro atoms. The maximum atomic E-state index is 14.6. The fourth-order valence-corrected chi connectivity index (χ4v) is 9.29. The van der Waals surface area contributed by atoms with E-state index in [-0.39, 0.29) is 18.0 Å². The van der Waals surface area contributed by atoms with Crippen LogP contribution in [0, 0.1) is 22.2 Å². The Bertz CT molecular complexity index is 1030. The van der Waals surface area contributed by atoms with Crippen molar-refractivity contribution in [3.05, 3.63) is 0 Å². The topological polar surface area (TPSA) is 73.9 Å². The van der Waals surface area contributed by atoms with E-state index in [1.807, 2.05) is 27.7 Å². The van der Waals surface area contributed by atoms with Gasteiger partial charge in [-0.05, 0) is 116 Å². The Balaban J connectivity index is 1.60. The van der Waals surface area contributed by atoms with Crippen molar-refractivity contribution in [2.45, 2.75) is 194 Å². The van der Waals surface area contributed by atoms with Crippen molar-refractivity contribution in [3.8, 4) is 0 Å². The molecule has 2 saturated heterocycles. The first-order valence-electron chi connectivity index (χ1n) is 17.0. The zero-order valence-corrected chi connectivity index (χ0v) is 29.2. The van der Waals surface area contributed by atoms with Gasteiger partial charge in [-0.25, -0.2) is 0 Å². The monoisotopic (exact) mass is 589 g/mol. The molecule has 4 bridgehead atoms. The molecule has 1 N–H and O–H groups in total. The zero-order chi connectivity index (χ0) is 31.6. The number of hydrogen-bond acceptors (Lipinski definition) is 6. The van der Waals surface area contributed by atoms with Gasteiger partial charge in [0.15, 0.2) is 0 Å². The first kappa shape index (κ1) is 33.7. The van der Waals surface area contributed by atoms with Gasteiger partial charge < -0.3 is 14.2 Å². The second-order valence-electron chi connectivity index (χ2n) is 17.9. The third kappa shape index (κ3) is 6.06. The third-order valence-electron chi connectivity index (χ3n) is 12.4. The average Bonchev–Trinajstić information content (AvgIpc) is 2.99. The van der Waals surface area contributed by atoms with E-state index in [1.54, 1.807) is 0 Å². The summed E-state index contributed by atoms with van der Waals surface area (Å²) in [7, 11) is 0. The van der Waals surface area contributed by atoms with Crippen LogP contribution in [0.4, 0.5) is 0 Å². The van der Waals surface area contributed by atoms with Crippen LogP contribution in [0.2, 0.25) is 0 Å². The van der Waals surface area contributed by atoms with Crippen molar-refractivity contribution >= 4 is 11.9 Å². The molecule has 2 aliphatic heterocycles. The molecule has 5 rings (SSSR count). The molecular weight excluding hydrogens is 526 g/mol. The second-order valence-corrected chi connectivity index (χ2v) is 17.9. The average molecular weight is 590 g/mol. The van der Waals surface area contributed by atoms with E-state index in [1.165, 1.54) is 6.42 Å². The van der Waals surface area contributed by atoms with Crippen molar-refractivity contribution in [1.29, 1.82) is 0 Å². The van der Waals surface area contributed by atoms with Gasteiger partial charge in [0, 0.05) is 18.9 Å². The molecule has 8 atom stereocenters. The van der Waals surface area contributed by atoms with Crippen LogP contribution in [0.15, 0.2) is 0 Å². The number of piperidine rings is 2. The fourth-order valence-electron chi connectivity index (χ4n) is 9.29. The summed E-state index contributed by atoms with van der Waals surface area (Å²) in [5.41, 5.74) is -4.06. The van der Waals surface area contributed by atoms with E-state index in [2.05, 4.69) is 60.7 Å². The summed E-state index contributed by atoms with van der Waals surface area (Å²) < 4.78 is 20.0. The Morgan fingerprint density at radius 2 is 1.52 bits per heavy atom. The van der Waals surface area contributed by atoms with Gasteiger partial charge in [0.1, 0.15) is 16.7 Å². The van der Waals surface area contributed by atoms with Crippen LogP contribution < -0.4 is 5.32 Å². The molecule has 42 heavy (non-hydrogen) atoms. The summed E-state index contributed by atoms with van der Waals surface area (Å²) in [6, 6.07) is 0.154. The molecule has 0 radical (unpaired) electrons. The molecule has 2 heterocycles. The largest absolute Gasteiger partial charge is 0.458 e. The highest BCUT2D eigenvalue weighted by Crippen LogP contribution is 2.58. The minimum absolute atomic E-state index is 0.132. The lowest BCUT2D eigenvalue weighted by molar-refractivity contribution is -0.245. The zero-order valence-electron chi connectivity index (χ0n) is 29.2. The van der Waals surface area contributed by atoms with E-state index < -0.39 is 38.8 Å². The molecule has 8 unspecified atom stereocenters. The van der Waals surface area contributed by atoms with Crippen LogP contribution in [-0.2, 0) is 23.8 Å². The lowest BCUT2D eigenvalue weighted by atomic mass is 9.55. The minimum Gasteiger partial charge on any atom is -0.458 e. The fraction of sp³-hybridized carbons (Fsp3) is 0.944. The molecule has 0 amide bonds. The first-order chi connectivity index (χ1) is 19.1. The quantitative estimate of drug-likeness (QED) is 0.227. The summed E-state index contributed by atoms with van der Waals surface area (Å²) in [6.07, 6.45) is 10.8. The Labute approximate surface area is 257 Å². The minimum atomic E-state index is -0.911. The van der Waals surface area contributed by atoms with Crippen molar-refractivity contribution < 1.29 is 23.8 Å². The number of carbonyl (C=O) groups is 2. The molecule has 242 valence electrons. The normalized spacial score (nSPS) is 39.6. The lowest BCUT2D eigenvalue weighted by Crippen LogP contribution is -2.74. The Morgan fingerprint density at radius 3 is 2.07 bits per heavy atom. The predicted molar refractivity (Wildman–Crippen MR) is 168 cm³/mol. The number of hydrogen-bond donors (Lipinski definition) is 1. The number of esters is 2. The number of rotatable bonds is 8. The van der Waals surface area contributed by atoms with Gasteiger partial charge in [-0.1, -0.05) is 48.0 Å². The highest BCUT2D eigenvalue weighted by Gasteiger charge is 2.66. The maximum Gasteiger partial charge on any atom is 0.327 e. The predicted octanol–water partition coefficient (Wildman–Crippen LogP) is 8.29. The van der Waals surface area contributed by atoms with Gasteiger partial charge in [-0.15, -0.1) is 0 Å². The van der Waals surface area contributed by atoms with Crippen LogP contribution in [0.25, 0.3) is 0 Å². The Kier molecular flexibility index (Phi) is 8.63. The number of ether oxygens (including phenoxy) is 3. The second kappa shape index (κ2) is 10.7. The summed E-state index contributed by atoms with van der Waals surface area (Å²) in [6.45, 7) is 25.5. The standard InChI is InChI=1S/C36H63NO5/c1-13-31(9)16-15-17-32(10,19-18-31)40-28(39)36-22-25-20-26(37-36)23-35(21-25,24-36)41-27(38)34(12,29(3,4)5)33(11,14-2)42-30(6,7)8/h25-26,37H,13-24H2,1-12H3. The highest BCUT2D eigenvalue weighted by atomic mass is 16.6. The van der Waals surface area contributed by atoms with Crippen LogP contribution >= 0.6 is 0 Å². The van der Waals surface area contributed by atoms with E-state index >= 15 is 0 Å². The molecular formula is C36H63NO5. The van der Waals surface area contributed by atoms with Crippen molar-refractivity contribution in [3.63, 3.8) is 0 Å². The van der Waals surface area contributed by atoms with Crippen LogP contribution in [0.5, 0.6) is 0 Å². The molecule has 0 aromatic heterocycles. The summed E-state index contributed by atoms with van der Waals surface area (Å²) >= 11 is 0. The lowest BCUT2D eigenvalue weighted by Gasteiger charge is -2.61. The highest BCUT2D eigenvalue weighted by molar-refractivity contribution is 5.83. The summed E-state index contributed by atoms with van der Waals surface area (Å²) in [5.74, 6) is 0.00465. The molecule has 0 aromatic rings. The van der Waals surface area contributed by atoms with Gasteiger partial charge in [-0.2, -0.15) is 0 Å². The van der Waals surface area contributed by atoms with E-state index in [4.69, 9.17) is 14.2 Å². The molecule has 5 aliphatic rings. The Morgan fingerprint density at radius 1 is 0.857 bits per heavy atom. The van der Waals surface area contributed by atoms with Crippen LogP contribution in [0.3, 0.4) is 0 Å². The van der Waals surface area contributed by atoms with Crippen molar-refractivity contribution in [2.75, 3.05) is 0 Å². The molecule has 6 nitrogen and oxygen atoms in total. The first-order valence-corrected chi connectivity index (χ1v) is 17.0. The van der Waals surface area contributed by atoms with Gasteiger partial charge >= 0.3 is 11.9 Å². The van der Waals surface area contributed by atoms with Gasteiger partial charge in [-0.3, -0.25) is 14.9 Å². The molecule has 5 fully saturated rings. The SMILES string of the molecule is CCC1(C)CCCC(C)(OC(=O)C23CC4CC(CC(OC(=O)C(C)(C(C)(C)C)C(C)(CC)OC(C)(C)C)(C4)C2)N3)CC1. The van der Waals surface area contributed by atoms with Gasteiger partial charge in [0.2, 0.25) is 0 Å². The number of carbonyl (C=O) groups excluding carboxylic acids is 2. The van der Waals surface area contributed by atoms with Crippen LogP contribution in [0.1, 0.15) is 160 Å². The van der Waals surface area contributed by atoms with Crippen molar-refractivity contribution in [2.24, 2.45) is 22.2 Å². The molecule has 0 aromatic carbocycles. The van der Waals surface area contributed by atoms with Gasteiger partial charge in [0.25, 0.3) is 0 Å². The smallest absolute Gasteiger partial charge is 0.327 e. The maximum absolute atomic E-state index is 14.6. The molecule has 6 heteroatoms. The van der Waals surface area contributed by atoms with E-state index in [9.17, 15) is 9.59 Å². The number of nitrogens with one attached hydrogen (secondary N) is 1. The molecule has 3 saturated carbocycles. The van der Waals surface area contributed by atoms with Gasteiger partial charge in [0.05, 0.1) is 16.6 Å².